The molecule has 3 nitrogen and oxygen atoms in total. The quantitative estimate of drug-likeness (QED) is 0.613. The summed E-state index contributed by atoms with van der Waals surface area (Å²) in [6.07, 6.45) is 2.13. The van der Waals surface area contributed by atoms with Crippen LogP contribution in [-0.2, 0) is 4.79 Å². The van der Waals surface area contributed by atoms with Crippen LogP contribution in [-0.4, -0.2) is 5.78 Å². The van der Waals surface area contributed by atoms with Crippen molar-refractivity contribution in [2.75, 3.05) is 0 Å². The molecule has 0 N–H and O–H groups in total. The number of fused-ring (bicyclic) bond motifs is 1. The molecule has 0 spiro atoms. The number of hydrogen-bond donors (Lipinski definition) is 0. The van der Waals surface area contributed by atoms with Gasteiger partial charge < -0.3 is 0 Å². The van der Waals surface area contributed by atoms with Crippen molar-refractivity contribution in [3.05, 3.63) is 90.0 Å². The molecule has 0 radical (unpaired) electrons. The number of carbonyl (C=O) groups excluding carboxylic acids is 1. The highest BCUT2D eigenvalue weighted by Crippen LogP contribution is 2.46. The van der Waals surface area contributed by atoms with Gasteiger partial charge in [-0.2, -0.15) is 10.5 Å². The van der Waals surface area contributed by atoms with E-state index >= 15 is 0 Å². The van der Waals surface area contributed by atoms with E-state index in [2.05, 4.69) is 12.1 Å². The van der Waals surface area contributed by atoms with E-state index in [-0.39, 0.29) is 18.6 Å². The molecule has 0 saturated carbocycles. The Bertz CT molecular complexity index is 1140. The number of ketones is 1. The lowest BCUT2D eigenvalue weighted by Gasteiger charge is -2.27. The minimum atomic E-state index is -1.28. The van der Waals surface area contributed by atoms with E-state index in [0.29, 0.717) is 5.57 Å². The van der Waals surface area contributed by atoms with E-state index in [1.165, 1.54) is 0 Å². The van der Waals surface area contributed by atoms with Crippen molar-refractivity contribution >= 4 is 22.1 Å². The van der Waals surface area contributed by atoms with Crippen LogP contribution in [0.4, 0.5) is 0 Å². The molecule has 1 aliphatic carbocycles. The van der Waals surface area contributed by atoms with Gasteiger partial charge in [0, 0.05) is 17.9 Å². The zero-order valence-corrected chi connectivity index (χ0v) is 15.3. The molecule has 4 rings (SSSR count). The number of Topliss-reactive ketones (excluding diaryl/α,β-unsaturated/α-hetero) is 1. The number of nitrogens with zero attached hydrogens (tertiary/aromatic N) is 2. The molecule has 134 valence electrons. The number of rotatable bonds is 2. The third-order valence-corrected chi connectivity index (χ3v) is 5.60. The predicted octanol–water partition coefficient (Wildman–Crippen LogP) is 5.40. The van der Waals surface area contributed by atoms with Gasteiger partial charge in [0.15, 0.2) is 11.2 Å². The van der Waals surface area contributed by atoms with Gasteiger partial charge in [0.2, 0.25) is 0 Å². The first-order chi connectivity index (χ1) is 13.7. The lowest BCUT2D eigenvalue weighted by molar-refractivity contribution is -0.114. The molecule has 0 amide bonds. The van der Waals surface area contributed by atoms with Crippen LogP contribution < -0.4 is 0 Å². The largest absolute Gasteiger partial charge is 0.294 e. The van der Waals surface area contributed by atoms with Gasteiger partial charge in [-0.05, 0) is 28.3 Å². The van der Waals surface area contributed by atoms with Crippen molar-refractivity contribution in [3.8, 4) is 12.1 Å². The van der Waals surface area contributed by atoms with Crippen molar-refractivity contribution < 1.29 is 4.79 Å². The fourth-order valence-electron chi connectivity index (χ4n) is 4.09. The fraction of sp³-hybridized carbons (Fsp3) is 0.160. The molecule has 1 aliphatic rings. The van der Waals surface area contributed by atoms with Gasteiger partial charge in [-0.1, -0.05) is 78.9 Å². The second-order valence-corrected chi connectivity index (χ2v) is 7.13. The predicted molar refractivity (Wildman–Crippen MR) is 109 cm³/mol. The summed E-state index contributed by atoms with van der Waals surface area (Å²) in [4.78, 5) is 13.2. The van der Waals surface area contributed by atoms with Crippen molar-refractivity contribution in [2.24, 2.45) is 5.41 Å². The summed E-state index contributed by atoms with van der Waals surface area (Å²) < 4.78 is 0. The highest BCUT2D eigenvalue weighted by atomic mass is 16.1. The maximum absolute atomic E-state index is 13.2. The number of benzene rings is 3. The SMILES string of the molecule is N#CC1(C#N)CC=C(c2ccccc2)C(=O)C[C@H]1c1cccc2ccccc12. The number of allylic oxidation sites excluding steroid dienone is 2. The van der Waals surface area contributed by atoms with Gasteiger partial charge in [0.1, 0.15) is 0 Å². The summed E-state index contributed by atoms with van der Waals surface area (Å²) in [5, 5.41) is 22.0. The van der Waals surface area contributed by atoms with Crippen LogP contribution in [0.5, 0.6) is 0 Å². The molecule has 1 atom stereocenters. The van der Waals surface area contributed by atoms with E-state index in [1.54, 1.807) is 6.08 Å². The zero-order valence-electron chi connectivity index (χ0n) is 15.3. The van der Waals surface area contributed by atoms with Crippen LogP contribution >= 0.6 is 0 Å². The van der Waals surface area contributed by atoms with Crippen LogP contribution in [0.2, 0.25) is 0 Å². The van der Waals surface area contributed by atoms with Gasteiger partial charge in [0.05, 0.1) is 12.1 Å². The summed E-state index contributed by atoms with van der Waals surface area (Å²) in [6.45, 7) is 0. The Morgan fingerprint density at radius 3 is 2.29 bits per heavy atom. The Labute approximate surface area is 164 Å². The molecule has 0 unspecified atom stereocenters. The summed E-state index contributed by atoms with van der Waals surface area (Å²) >= 11 is 0. The normalized spacial score (nSPS) is 18.6. The molecule has 0 heterocycles. The van der Waals surface area contributed by atoms with Gasteiger partial charge in [-0.15, -0.1) is 0 Å². The molecule has 3 aromatic carbocycles. The van der Waals surface area contributed by atoms with Crippen LogP contribution in [0.3, 0.4) is 0 Å². The van der Waals surface area contributed by atoms with Gasteiger partial charge in [-0.25, -0.2) is 0 Å². The van der Waals surface area contributed by atoms with Crippen LogP contribution in [0, 0.1) is 28.1 Å². The smallest absolute Gasteiger partial charge is 0.163 e. The molecular formula is C25H18N2O. The fourth-order valence-corrected chi connectivity index (χ4v) is 4.09. The molecule has 3 heteroatoms. The average molecular weight is 362 g/mol. The first-order valence-corrected chi connectivity index (χ1v) is 9.27. The summed E-state index contributed by atoms with van der Waals surface area (Å²) in [6, 6.07) is 27.7. The van der Waals surface area contributed by atoms with Crippen molar-refractivity contribution in [1.29, 1.82) is 10.5 Å². The Kier molecular flexibility index (Phi) is 4.52. The highest BCUT2D eigenvalue weighted by molar-refractivity contribution is 6.21. The summed E-state index contributed by atoms with van der Waals surface area (Å²) in [7, 11) is 0. The Hall–Kier alpha value is -3.69. The first kappa shape index (κ1) is 17.7. The Morgan fingerprint density at radius 1 is 0.857 bits per heavy atom. The second kappa shape index (κ2) is 7.14. The van der Waals surface area contributed by atoms with Crippen LogP contribution in [0.15, 0.2) is 78.9 Å². The van der Waals surface area contributed by atoms with Crippen molar-refractivity contribution in [3.63, 3.8) is 0 Å². The molecule has 28 heavy (non-hydrogen) atoms. The molecule has 3 aromatic rings. The third-order valence-electron chi connectivity index (χ3n) is 5.60. The minimum absolute atomic E-state index is 0.0310. The molecule has 0 fully saturated rings. The number of hydrogen-bond acceptors (Lipinski definition) is 3. The van der Waals surface area contributed by atoms with E-state index < -0.39 is 11.3 Å². The van der Waals surface area contributed by atoms with Gasteiger partial charge in [0.25, 0.3) is 0 Å². The van der Waals surface area contributed by atoms with Crippen molar-refractivity contribution in [1.82, 2.24) is 0 Å². The Morgan fingerprint density at radius 2 is 1.54 bits per heavy atom. The lowest BCUT2D eigenvalue weighted by atomic mass is 9.70. The summed E-state index contributed by atoms with van der Waals surface area (Å²) in [5.41, 5.74) is 1.03. The maximum Gasteiger partial charge on any atom is 0.163 e. The standard InChI is InChI=1S/C25H18N2O/c26-16-25(17-27)14-13-21(19-7-2-1-3-8-19)24(28)15-23(25)22-12-6-10-18-9-4-5-11-20(18)22/h1-13,23H,14-15H2/t23-/m0/s1. The molecule has 0 aromatic heterocycles. The molecule has 0 saturated heterocycles. The highest BCUT2D eigenvalue weighted by Gasteiger charge is 2.44. The van der Waals surface area contributed by atoms with E-state index in [1.807, 2.05) is 72.8 Å². The van der Waals surface area contributed by atoms with Crippen LogP contribution in [0.25, 0.3) is 16.3 Å². The Balaban J connectivity index is 1.87. The number of carbonyl (C=O) groups is 1. The topological polar surface area (TPSA) is 64.7 Å². The molecular weight excluding hydrogens is 344 g/mol. The maximum atomic E-state index is 13.2. The average Bonchev–Trinajstić information content (AvgIpc) is 2.90. The molecule has 0 bridgehead atoms. The minimum Gasteiger partial charge on any atom is -0.294 e. The summed E-state index contributed by atoms with van der Waals surface area (Å²) in [5.74, 6) is -0.518. The zero-order chi connectivity index (χ0) is 19.6. The monoisotopic (exact) mass is 362 g/mol. The van der Waals surface area contributed by atoms with E-state index in [9.17, 15) is 15.3 Å². The third kappa shape index (κ3) is 2.88. The van der Waals surface area contributed by atoms with Gasteiger partial charge in [-0.3, -0.25) is 4.79 Å². The van der Waals surface area contributed by atoms with E-state index in [4.69, 9.17) is 0 Å². The van der Waals surface area contributed by atoms with Crippen molar-refractivity contribution in [2.45, 2.75) is 18.8 Å². The first-order valence-electron chi connectivity index (χ1n) is 9.27. The lowest BCUT2D eigenvalue weighted by Crippen LogP contribution is -2.26. The second-order valence-electron chi connectivity index (χ2n) is 7.13. The van der Waals surface area contributed by atoms with Gasteiger partial charge >= 0.3 is 0 Å². The molecule has 0 aliphatic heterocycles. The number of nitriles is 2. The van der Waals surface area contributed by atoms with Crippen LogP contribution in [0.1, 0.15) is 29.9 Å². The van der Waals surface area contributed by atoms with E-state index in [0.717, 1.165) is 21.9 Å².